The first-order chi connectivity index (χ1) is 7.90. The fourth-order valence-electron chi connectivity index (χ4n) is 1.91. The van der Waals surface area contributed by atoms with Gasteiger partial charge in [-0.1, -0.05) is 6.42 Å². The first-order valence-corrected chi connectivity index (χ1v) is 9.01. The lowest BCUT2D eigenvalue weighted by Crippen LogP contribution is -2.43. The van der Waals surface area contributed by atoms with Crippen molar-refractivity contribution in [3.63, 3.8) is 0 Å². The molecule has 0 aromatic carbocycles. The van der Waals surface area contributed by atoms with E-state index in [1.54, 1.807) is 6.07 Å². The molecule has 2 atom stereocenters. The average molecular weight is 404 g/mol. The van der Waals surface area contributed by atoms with Crippen LogP contribution in [0.3, 0.4) is 0 Å². The van der Waals surface area contributed by atoms with Crippen molar-refractivity contribution in [1.82, 2.24) is 4.72 Å². The second kappa shape index (κ2) is 5.26. The molecular weight excluding hydrogens is 392 g/mol. The number of hydrogen-bond acceptors (Lipinski definition) is 4. The van der Waals surface area contributed by atoms with Crippen molar-refractivity contribution in [3.8, 4) is 0 Å². The third-order valence-electron chi connectivity index (χ3n) is 2.79. The molecule has 0 bridgehead atoms. The molecule has 1 aromatic heterocycles. The van der Waals surface area contributed by atoms with Crippen LogP contribution in [0.1, 0.15) is 19.3 Å². The molecule has 1 fully saturated rings. The summed E-state index contributed by atoms with van der Waals surface area (Å²) >= 11 is 7.86. The summed E-state index contributed by atoms with van der Waals surface area (Å²) in [5.74, 6) is 0. The van der Waals surface area contributed by atoms with Crippen LogP contribution in [0.25, 0.3) is 0 Å². The highest BCUT2D eigenvalue weighted by molar-refractivity contribution is 9.12. The minimum Gasteiger partial charge on any atom is -0.326 e. The van der Waals surface area contributed by atoms with E-state index in [0.717, 1.165) is 23.0 Å². The number of nitrogens with two attached hydrogens (primary N) is 1. The van der Waals surface area contributed by atoms with Crippen molar-refractivity contribution >= 4 is 53.2 Å². The van der Waals surface area contributed by atoms with Gasteiger partial charge in [-0.2, -0.15) is 0 Å². The minimum absolute atomic E-state index is 0.0781. The fourth-order valence-corrected chi connectivity index (χ4v) is 7.04. The second-order valence-corrected chi connectivity index (χ2v) is 9.44. The number of sulfonamides is 1. The van der Waals surface area contributed by atoms with Gasteiger partial charge in [0.05, 0.1) is 7.57 Å². The van der Waals surface area contributed by atoms with E-state index in [-0.39, 0.29) is 17.0 Å². The van der Waals surface area contributed by atoms with Crippen LogP contribution in [0.5, 0.6) is 0 Å². The molecule has 1 aliphatic rings. The molecule has 96 valence electrons. The predicted octanol–water partition coefficient (Wildman–Crippen LogP) is 2.43. The van der Waals surface area contributed by atoms with Gasteiger partial charge in [-0.3, -0.25) is 0 Å². The molecule has 1 heterocycles. The van der Waals surface area contributed by atoms with E-state index >= 15 is 0 Å². The molecule has 2 unspecified atom stereocenters. The average Bonchev–Trinajstić information content (AvgIpc) is 2.74. The Morgan fingerprint density at radius 3 is 2.59 bits per heavy atom. The first-order valence-electron chi connectivity index (χ1n) is 5.13. The normalized spacial score (nSPS) is 25.4. The molecule has 0 saturated heterocycles. The summed E-state index contributed by atoms with van der Waals surface area (Å²) in [7, 11) is -3.48. The lowest BCUT2D eigenvalue weighted by Gasteiger charge is -2.16. The molecule has 2 rings (SSSR count). The molecule has 0 amide bonds. The fraction of sp³-hybridized carbons (Fsp3) is 0.556. The topological polar surface area (TPSA) is 72.2 Å². The summed E-state index contributed by atoms with van der Waals surface area (Å²) in [5.41, 5.74) is 5.86. The van der Waals surface area contributed by atoms with Gasteiger partial charge >= 0.3 is 0 Å². The molecule has 0 radical (unpaired) electrons. The highest BCUT2D eigenvalue weighted by atomic mass is 79.9. The summed E-state index contributed by atoms with van der Waals surface area (Å²) in [4.78, 5) is 0.272. The van der Waals surface area contributed by atoms with E-state index in [2.05, 4.69) is 36.6 Å². The molecule has 0 spiro atoms. The van der Waals surface area contributed by atoms with Gasteiger partial charge in [0.2, 0.25) is 10.0 Å². The SMILES string of the molecule is NC1CCCC1NS(=O)(=O)c1cc(Br)sc1Br. The van der Waals surface area contributed by atoms with Crippen molar-refractivity contribution in [3.05, 3.63) is 13.6 Å². The van der Waals surface area contributed by atoms with Gasteiger partial charge in [-0.05, 0) is 50.8 Å². The van der Waals surface area contributed by atoms with E-state index in [1.807, 2.05) is 0 Å². The molecule has 0 aliphatic heterocycles. The highest BCUT2D eigenvalue weighted by Gasteiger charge is 2.30. The van der Waals surface area contributed by atoms with Gasteiger partial charge in [0.1, 0.15) is 4.90 Å². The smallest absolute Gasteiger partial charge is 0.242 e. The molecule has 8 heteroatoms. The molecule has 4 nitrogen and oxygen atoms in total. The van der Waals surface area contributed by atoms with Gasteiger partial charge in [0.15, 0.2) is 0 Å². The van der Waals surface area contributed by atoms with Crippen LogP contribution in [0, 0.1) is 0 Å². The molecular formula is C9H12Br2N2O2S2. The van der Waals surface area contributed by atoms with Crippen LogP contribution in [0.4, 0.5) is 0 Å². The van der Waals surface area contributed by atoms with E-state index < -0.39 is 10.0 Å². The van der Waals surface area contributed by atoms with Crippen molar-refractivity contribution in [1.29, 1.82) is 0 Å². The van der Waals surface area contributed by atoms with E-state index in [1.165, 1.54) is 11.3 Å². The summed E-state index contributed by atoms with van der Waals surface area (Å²) in [6, 6.07) is 1.37. The molecule has 3 N–H and O–H groups in total. The number of nitrogens with one attached hydrogen (secondary N) is 1. The van der Waals surface area contributed by atoms with Gasteiger partial charge in [-0.25, -0.2) is 13.1 Å². The largest absolute Gasteiger partial charge is 0.326 e. The second-order valence-electron chi connectivity index (χ2n) is 4.01. The van der Waals surface area contributed by atoms with Crippen molar-refractivity contribution in [2.24, 2.45) is 5.73 Å². The Morgan fingerprint density at radius 1 is 1.41 bits per heavy atom. The maximum atomic E-state index is 12.2. The zero-order valence-electron chi connectivity index (χ0n) is 8.82. The van der Waals surface area contributed by atoms with Crippen molar-refractivity contribution in [2.45, 2.75) is 36.2 Å². The minimum atomic E-state index is -3.48. The Bertz CT molecular complexity index is 515. The number of thiophene rings is 1. The van der Waals surface area contributed by atoms with Crippen molar-refractivity contribution in [2.75, 3.05) is 0 Å². The molecule has 1 saturated carbocycles. The lowest BCUT2D eigenvalue weighted by atomic mass is 10.2. The Kier molecular flexibility index (Phi) is 4.32. The van der Waals surface area contributed by atoms with Crippen LogP contribution < -0.4 is 10.5 Å². The number of halogens is 2. The zero-order valence-corrected chi connectivity index (χ0v) is 13.6. The van der Waals surface area contributed by atoms with Gasteiger partial charge in [0.25, 0.3) is 0 Å². The Balaban J connectivity index is 2.22. The Labute approximate surface area is 121 Å². The maximum Gasteiger partial charge on any atom is 0.242 e. The van der Waals surface area contributed by atoms with Crippen LogP contribution in [-0.4, -0.2) is 20.5 Å². The molecule has 1 aliphatic carbocycles. The van der Waals surface area contributed by atoms with Crippen LogP contribution in [-0.2, 0) is 10.0 Å². The Morgan fingerprint density at radius 2 is 2.12 bits per heavy atom. The third-order valence-corrected chi connectivity index (χ3v) is 7.04. The first kappa shape index (κ1) is 14.0. The third kappa shape index (κ3) is 3.10. The lowest BCUT2D eigenvalue weighted by molar-refractivity contribution is 0.522. The highest BCUT2D eigenvalue weighted by Crippen LogP contribution is 2.35. The zero-order chi connectivity index (χ0) is 12.6. The predicted molar refractivity (Wildman–Crippen MR) is 75.7 cm³/mol. The van der Waals surface area contributed by atoms with Crippen LogP contribution in [0.2, 0.25) is 0 Å². The van der Waals surface area contributed by atoms with Crippen LogP contribution in [0.15, 0.2) is 18.5 Å². The van der Waals surface area contributed by atoms with E-state index in [4.69, 9.17) is 5.73 Å². The quantitative estimate of drug-likeness (QED) is 0.813. The van der Waals surface area contributed by atoms with Gasteiger partial charge in [-0.15, -0.1) is 11.3 Å². The van der Waals surface area contributed by atoms with Crippen LogP contribution >= 0.6 is 43.2 Å². The van der Waals surface area contributed by atoms with Crippen molar-refractivity contribution < 1.29 is 8.42 Å². The Hall–Kier alpha value is 0.530. The molecule has 17 heavy (non-hydrogen) atoms. The monoisotopic (exact) mass is 402 g/mol. The van der Waals surface area contributed by atoms with Gasteiger partial charge in [0, 0.05) is 12.1 Å². The summed E-state index contributed by atoms with van der Waals surface area (Å²) < 4.78 is 28.4. The van der Waals surface area contributed by atoms with E-state index in [0.29, 0.717) is 3.79 Å². The number of rotatable bonds is 3. The van der Waals surface area contributed by atoms with E-state index in [9.17, 15) is 8.42 Å². The summed E-state index contributed by atoms with van der Waals surface area (Å²) in [6.45, 7) is 0. The molecule has 1 aromatic rings. The van der Waals surface area contributed by atoms with Gasteiger partial charge < -0.3 is 5.73 Å². The maximum absolute atomic E-state index is 12.2. The number of hydrogen-bond donors (Lipinski definition) is 2. The summed E-state index contributed by atoms with van der Waals surface area (Å²) in [6.07, 6.45) is 2.66. The summed E-state index contributed by atoms with van der Waals surface area (Å²) in [5, 5.41) is 0. The standard InChI is InChI=1S/C9H12Br2N2O2S2/c10-8-4-7(9(11)16-8)17(14,15)13-6-3-1-2-5(6)12/h4-6,13H,1-3,12H2.